The lowest BCUT2D eigenvalue weighted by Gasteiger charge is -2.27. The van der Waals surface area contributed by atoms with Gasteiger partial charge < -0.3 is 30.0 Å². The van der Waals surface area contributed by atoms with Gasteiger partial charge in [-0.25, -0.2) is 4.99 Å². The molecule has 7 nitrogen and oxygen atoms in total. The first kappa shape index (κ1) is 23.6. The average Bonchev–Trinajstić information content (AvgIpc) is 2.67. The predicted octanol–water partition coefficient (Wildman–Crippen LogP) is 2.69. The van der Waals surface area contributed by atoms with E-state index in [9.17, 15) is 5.11 Å². The molecule has 1 fully saturated rings. The number of aliphatic imine (C=N–C) groups is 1. The lowest BCUT2D eigenvalue weighted by atomic mass is 9.93. The molecule has 2 rings (SSSR count). The fourth-order valence-corrected chi connectivity index (χ4v) is 3.11. The van der Waals surface area contributed by atoms with Crippen LogP contribution in [0.25, 0.3) is 0 Å². The van der Waals surface area contributed by atoms with Crippen LogP contribution in [-0.4, -0.2) is 51.1 Å². The third kappa shape index (κ3) is 6.91. The summed E-state index contributed by atoms with van der Waals surface area (Å²) in [5, 5.41) is 16.4. The molecule has 0 amide bonds. The maximum Gasteiger partial charge on any atom is 0.191 e. The third-order valence-electron chi connectivity index (χ3n) is 4.58. The largest absolute Gasteiger partial charge is 0.496 e. The van der Waals surface area contributed by atoms with Gasteiger partial charge in [0.1, 0.15) is 5.75 Å². The molecule has 0 saturated heterocycles. The highest BCUT2D eigenvalue weighted by molar-refractivity contribution is 14.0. The molecule has 0 aliphatic heterocycles. The molecule has 3 N–H and O–H groups in total. The molecule has 0 unspecified atom stereocenters. The summed E-state index contributed by atoms with van der Waals surface area (Å²) in [6, 6.07) is 4.04. The molecule has 0 spiro atoms. The van der Waals surface area contributed by atoms with E-state index in [0.717, 1.165) is 43.8 Å². The molecule has 1 aliphatic carbocycles. The summed E-state index contributed by atoms with van der Waals surface area (Å²) in [6.07, 6.45) is 3.40. The third-order valence-corrected chi connectivity index (χ3v) is 4.58. The highest BCUT2D eigenvalue weighted by Gasteiger charge is 2.20. The Bertz CT molecular complexity index is 605. The van der Waals surface area contributed by atoms with E-state index in [0.29, 0.717) is 29.8 Å². The Morgan fingerprint density at radius 2 is 1.63 bits per heavy atom. The fourth-order valence-electron chi connectivity index (χ4n) is 3.11. The second-order valence-electron chi connectivity index (χ2n) is 6.36. The fraction of sp³-hybridized carbons (Fsp3) is 0.632. The second-order valence-corrected chi connectivity index (χ2v) is 6.36. The second kappa shape index (κ2) is 12.1. The van der Waals surface area contributed by atoms with Crippen molar-refractivity contribution >= 4 is 29.9 Å². The van der Waals surface area contributed by atoms with Gasteiger partial charge in [0, 0.05) is 24.2 Å². The van der Waals surface area contributed by atoms with Gasteiger partial charge in [-0.2, -0.15) is 0 Å². The van der Waals surface area contributed by atoms with Gasteiger partial charge in [-0.05, 0) is 38.7 Å². The summed E-state index contributed by atoms with van der Waals surface area (Å²) in [6.45, 7) is 3.28. The van der Waals surface area contributed by atoms with E-state index in [-0.39, 0.29) is 30.1 Å². The Morgan fingerprint density at radius 3 is 2.19 bits per heavy atom. The molecular formula is C19H32IN3O4. The molecule has 1 saturated carbocycles. The van der Waals surface area contributed by atoms with Gasteiger partial charge >= 0.3 is 0 Å². The Kier molecular flexibility index (Phi) is 10.6. The number of hydrogen-bond acceptors (Lipinski definition) is 5. The SMILES string of the molecule is CCNC(=NCc1cc(OC)c(OC)cc1OC)NC1CCC(O)CC1.I. The summed E-state index contributed by atoms with van der Waals surface area (Å²) < 4.78 is 16.2. The van der Waals surface area contributed by atoms with Crippen LogP contribution in [0.4, 0.5) is 0 Å². The smallest absolute Gasteiger partial charge is 0.191 e. The highest BCUT2D eigenvalue weighted by atomic mass is 127. The van der Waals surface area contributed by atoms with Crippen molar-refractivity contribution in [1.29, 1.82) is 0 Å². The first-order valence-electron chi connectivity index (χ1n) is 9.13. The summed E-state index contributed by atoms with van der Waals surface area (Å²) in [5.74, 6) is 2.76. The van der Waals surface area contributed by atoms with Crippen molar-refractivity contribution in [2.24, 2.45) is 4.99 Å². The lowest BCUT2D eigenvalue weighted by molar-refractivity contribution is 0.120. The minimum atomic E-state index is -0.163. The molecule has 27 heavy (non-hydrogen) atoms. The minimum Gasteiger partial charge on any atom is -0.496 e. The zero-order chi connectivity index (χ0) is 18.9. The molecule has 0 aromatic heterocycles. The number of rotatable bonds is 7. The van der Waals surface area contributed by atoms with E-state index in [1.54, 1.807) is 21.3 Å². The van der Waals surface area contributed by atoms with Gasteiger partial charge in [-0.15, -0.1) is 24.0 Å². The number of nitrogens with one attached hydrogen (secondary N) is 2. The van der Waals surface area contributed by atoms with Crippen molar-refractivity contribution in [1.82, 2.24) is 10.6 Å². The zero-order valence-electron chi connectivity index (χ0n) is 16.6. The Balaban J connectivity index is 0.00000364. The molecule has 0 radical (unpaired) electrons. The van der Waals surface area contributed by atoms with Gasteiger partial charge in [-0.1, -0.05) is 0 Å². The quantitative estimate of drug-likeness (QED) is 0.308. The maximum absolute atomic E-state index is 9.66. The van der Waals surface area contributed by atoms with Crippen molar-refractivity contribution < 1.29 is 19.3 Å². The van der Waals surface area contributed by atoms with Crippen molar-refractivity contribution in [3.8, 4) is 17.2 Å². The van der Waals surface area contributed by atoms with Gasteiger partial charge in [0.05, 0.1) is 34.0 Å². The Labute approximate surface area is 178 Å². The standard InChI is InChI=1S/C19H31N3O4.HI/c1-5-20-19(22-14-6-8-15(23)9-7-14)21-12-13-10-17(25-3)18(26-4)11-16(13)24-2;/h10-11,14-15,23H,5-9,12H2,1-4H3,(H2,20,21,22);1H. The molecule has 1 aromatic carbocycles. The summed E-state index contributed by atoms with van der Waals surface area (Å²) in [7, 11) is 4.84. The van der Waals surface area contributed by atoms with Crippen molar-refractivity contribution in [3.63, 3.8) is 0 Å². The molecule has 1 aliphatic rings. The number of hydrogen-bond donors (Lipinski definition) is 3. The average molecular weight is 493 g/mol. The normalized spacial score (nSPS) is 19.7. The van der Waals surface area contributed by atoms with Crippen molar-refractivity contribution in [3.05, 3.63) is 17.7 Å². The first-order chi connectivity index (χ1) is 12.6. The monoisotopic (exact) mass is 493 g/mol. The molecule has 8 heteroatoms. The number of ether oxygens (including phenoxy) is 3. The van der Waals surface area contributed by atoms with Crippen LogP contribution in [0.3, 0.4) is 0 Å². The number of guanidine groups is 1. The summed E-state index contributed by atoms with van der Waals surface area (Å²) in [4.78, 5) is 4.69. The van der Waals surface area contributed by atoms with E-state index in [4.69, 9.17) is 19.2 Å². The first-order valence-corrected chi connectivity index (χ1v) is 9.13. The van der Waals surface area contributed by atoms with Crippen LogP contribution in [0, 0.1) is 0 Å². The van der Waals surface area contributed by atoms with E-state index in [1.807, 2.05) is 19.1 Å². The zero-order valence-corrected chi connectivity index (χ0v) is 18.9. The Morgan fingerprint density at radius 1 is 1.04 bits per heavy atom. The van der Waals surface area contributed by atoms with Crippen LogP contribution >= 0.6 is 24.0 Å². The van der Waals surface area contributed by atoms with E-state index in [2.05, 4.69) is 10.6 Å². The Hall–Kier alpha value is -1.42. The van der Waals surface area contributed by atoms with Crippen LogP contribution in [0.2, 0.25) is 0 Å². The van der Waals surface area contributed by atoms with Crippen molar-refractivity contribution in [2.45, 2.75) is 51.3 Å². The molecule has 0 bridgehead atoms. The molecule has 154 valence electrons. The number of methoxy groups -OCH3 is 3. The van der Waals surface area contributed by atoms with Crippen LogP contribution in [0.15, 0.2) is 17.1 Å². The van der Waals surface area contributed by atoms with Gasteiger partial charge in [0.25, 0.3) is 0 Å². The van der Waals surface area contributed by atoms with Crippen molar-refractivity contribution in [2.75, 3.05) is 27.9 Å². The summed E-state index contributed by atoms with van der Waals surface area (Å²) >= 11 is 0. The summed E-state index contributed by atoms with van der Waals surface area (Å²) in [5.41, 5.74) is 0.918. The number of aliphatic hydroxyl groups is 1. The predicted molar refractivity (Wildman–Crippen MR) is 118 cm³/mol. The highest BCUT2D eigenvalue weighted by Crippen LogP contribution is 2.34. The van der Waals surface area contributed by atoms with E-state index < -0.39 is 0 Å². The van der Waals surface area contributed by atoms with Crippen LogP contribution in [0.5, 0.6) is 17.2 Å². The maximum atomic E-state index is 9.66. The van der Waals surface area contributed by atoms with Crippen LogP contribution in [0.1, 0.15) is 38.2 Å². The number of halogens is 1. The van der Waals surface area contributed by atoms with Gasteiger partial charge in [0.2, 0.25) is 0 Å². The topological polar surface area (TPSA) is 84.3 Å². The van der Waals surface area contributed by atoms with Gasteiger partial charge in [0.15, 0.2) is 17.5 Å². The van der Waals surface area contributed by atoms with Crippen LogP contribution < -0.4 is 24.8 Å². The molecule has 0 atom stereocenters. The molecule has 1 aromatic rings. The van der Waals surface area contributed by atoms with Gasteiger partial charge in [-0.3, -0.25) is 0 Å². The molecular weight excluding hydrogens is 461 g/mol. The van der Waals surface area contributed by atoms with Crippen LogP contribution in [-0.2, 0) is 6.54 Å². The number of nitrogens with zero attached hydrogens (tertiary/aromatic N) is 1. The molecule has 0 heterocycles. The van der Waals surface area contributed by atoms with E-state index >= 15 is 0 Å². The van der Waals surface area contributed by atoms with E-state index in [1.165, 1.54) is 0 Å². The number of aliphatic hydroxyl groups excluding tert-OH is 1. The lowest BCUT2D eigenvalue weighted by Crippen LogP contribution is -2.45. The number of benzene rings is 1. The minimum absolute atomic E-state index is 0.